The number of rotatable bonds is 3. The fourth-order valence-electron chi connectivity index (χ4n) is 2.13. The highest BCUT2D eigenvalue weighted by atomic mass is 16.5. The summed E-state index contributed by atoms with van der Waals surface area (Å²) in [5.74, 6) is 0.214. The quantitative estimate of drug-likeness (QED) is 0.870. The van der Waals surface area contributed by atoms with Gasteiger partial charge in [-0.25, -0.2) is 4.79 Å². The molecule has 0 aromatic heterocycles. The van der Waals surface area contributed by atoms with E-state index in [0.717, 1.165) is 17.8 Å². The molecule has 0 radical (unpaired) electrons. The molecule has 0 spiro atoms. The van der Waals surface area contributed by atoms with Crippen LogP contribution >= 0.6 is 0 Å². The molecule has 2 aromatic carbocycles. The number of hydrogen-bond acceptors (Lipinski definition) is 4. The van der Waals surface area contributed by atoms with Crippen molar-refractivity contribution in [1.29, 1.82) is 0 Å². The largest absolute Gasteiger partial charge is 0.489 e. The van der Waals surface area contributed by atoms with Gasteiger partial charge in [0.2, 0.25) is 0 Å². The van der Waals surface area contributed by atoms with Gasteiger partial charge in [-0.2, -0.15) is 0 Å². The van der Waals surface area contributed by atoms with Crippen LogP contribution in [-0.2, 0) is 11.3 Å². The van der Waals surface area contributed by atoms with Crippen LogP contribution in [0.4, 0.5) is 5.69 Å². The van der Waals surface area contributed by atoms with E-state index in [4.69, 9.17) is 9.47 Å². The van der Waals surface area contributed by atoms with E-state index in [1.54, 1.807) is 6.07 Å². The number of carbonyl (C=O) groups excluding carboxylic acids is 1. The second kappa shape index (κ2) is 5.65. The molecule has 102 valence electrons. The molecule has 0 saturated carbocycles. The Morgan fingerprint density at radius 3 is 2.85 bits per heavy atom. The molecule has 2 aromatic rings. The molecule has 3 rings (SSSR count). The summed E-state index contributed by atoms with van der Waals surface area (Å²) in [6, 6.07) is 15.0. The summed E-state index contributed by atoms with van der Waals surface area (Å²) >= 11 is 0. The molecular formula is C16H15NO3. The average Bonchev–Trinajstić information content (AvgIpc) is 2.53. The lowest BCUT2D eigenvalue weighted by atomic mass is 10.1. The molecule has 0 atom stereocenters. The lowest BCUT2D eigenvalue weighted by molar-refractivity contribution is 0.0468. The minimum Gasteiger partial charge on any atom is -0.489 e. The van der Waals surface area contributed by atoms with Gasteiger partial charge in [-0.15, -0.1) is 0 Å². The molecule has 0 saturated heterocycles. The first kappa shape index (κ1) is 12.5. The molecule has 0 bridgehead atoms. The minimum absolute atomic E-state index is 0.261. The Hall–Kier alpha value is -2.49. The molecule has 4 heteroatoms. The van der Waals surface area contributed by atoms with Crippen molar-refractivity contribution in [1.82, 2.24) is 0 Å². The number of benzene rings is 2. The zero-order valence-corrected chi connectivity index (χ0v) is 11.0. The van der Waals surface area contributed by atoms with E-state index in [0.29, 0.717) is 17.9 Å². The van der Waals surface area contributed by atoms with Crippen LogP contribution in [0.15, 0.2) is 48.5 Å². The first-order chi connectivity index (χ1) is 9.84. The molecule has 0 fully saturated rings. The fraction of sp³-hybridized carbons (Fsp3) is 0.188. The van der Waals surface area contributed by atoms with E-state index in [9.17, 15) is 4.79 Å². The van der Waals surface area contributed by atoms with Gasteiger partial charge in [0.05, 0.1) is 5.69 Å². The first-order valence-corrected chi connectivity index (χ1v) is 6.55. The van der Waals surface area contributed by atoms with Crippen LogP contribution in [0.5, 0.6) is 5.75 Å². The van der Waals surface area contributed by atoms with Gasteiger partial charge in [-0.3, -0.25) is 0 Å². The van der Waals surface area contributed by atoms with E-state index in [2.05, 4.69) is 5.32 Å². The van der Waals surface area contributed by atoms with Crippen LogP contribution in [0.3, 0.4) is 0 Å². The van der Waals surface area contributed by atoms with Crippen molar-refractivity contribution in [3.8, 4) is 5.75 Å². The summed E-state index contributed by atoms with van der Waals surface area (Å²) in [5, 5.41) is 3.20. The van der Waals surface area contributed by atoms with Crippen molar-refractivity contribution < 1.29 is 14.3 Å². The number of nitrogens with one attached hydrogen (secondary N) is 1. The highest BCUT2D eigenvalue weighted by Gasteiger charge is 2.19. The Bertz CT molecular complexity index is 610. The van der Waals surface area contributed by atoms with Gasteiger partial charge in [-0.05, 0) is 17.7 Å². The van der Waals surface area contributed by atoms with Crippen molar-refractivity contribution in [3.05, 3.63) is 59.7 Å². The molecule has 4 nitrogen and oxygen atoms in total. The smallest absolute Gasteiger partial charge is 0.342 e. The maximum Gasteiger partial charge on any atom is 0.342 e. The third kappa shape index (κ3) is 2.59. The second-order valence-corrected chi connectivity index (χ2v) is 4.52. The van der Waals surface area contributed by atoms with E-state index >= 15 is 0 Å². The molecule has 1 N–H and O–H groups in total. The highest BCUT2D eigenvalue weighted by Crippen LogP contribution is 2.31. The maximum atomic E-state index is 12.2. The molecule has 1 aliphatic heterocycles. The topological polar surface area (TPSA) is 47.6 Å². The van der Waals surface area contributed by atoms with E-state index in [1.807, 2.05) is 42.5 Å². The zero-order chi connectivity index (χ0) is 13.8. The zero-order valence-electron chi connectivity index (χ0n) is 11.0. The fourth-order valence-corrected chi connectivity index (χ4v) is 2.13. The summed E-state index contributed by atoms with van der Waals surface area (Å²) in [6.07, 6.45) is 0. The third-order valence-corrected chi connectivity index (χ3v) is 3.11. The molecule has 0 amide bonds. The number of ether oxygens (including phenoxy) is 2. The van der Waals surface area contributed by atoms with Crippen LogP contribution < -0.4 is 10.1 Å². The van der Waals surface area contributed by atoms with Gasteiger partial charge in [0, 0.05) is 6.54 Å². The molecule has 0 aliphatic carbocycles. The van der Waals surface area contributed by atoms with Crippen LogP contribution in [0.25, 0.3) is 0 Å². The SMILES string of the molecule is O=C(OCc1ccccc1)c1cccc2c1OCCN2. The van der Waals surface area contributed by atoms with E-state index in [1.165, 1.54) is 0 Å². The third-order valence-electron chi connectivity index (χ3n) is 3.11. The van der Waals surface area contributed by atoms with E-state index < -0.39 is 0 Å². The maximum absolute atomic E-state index is 12.2. The predicted molar refractivity (Wildman–Crippen MR) is 76.0 cm³/mol. The monoisotopic (exact) mass is 269 g/mol. The Balaban J connectivity index is 1.74. The number of anilines is 1. The van der Waals surface area contributed by atoms with Crippen molar-refractivity contribution in [2.24, 2.45) is 0 Å². The summed E-state index contributed by atoms with van der Waals surface area (Å²) < 4.78 is 10.9. The summed E-state index contributed by atoms with van der Waals surface area (Å²) in [5.41, 5.74) is 2.26. The van der Waals surface area contributed by atoms with E-state index in [-0.39, 0.29) is 12.6 Å². The summed E-state index contributed by atoms with van der Waals surface area (Å²) in [7, 11) is 0. The number of carbonyl (C=O) groups is 1. The number of fused-ring (bicyclic) bond motifs is 1. The first-order valence-electron chi connectivity index (χ1n) is 6.55. The summed E-state index contributed by atoms with van der Waals surface area (Å²) in [6.45, 7) is 1.56. The lowest BCUT2D eigenvalue weighted by Crippen LogP contribution is -2.20. The van der Waals surface area contributed by atoms with Gasteiger partial charge in [-0.1, -0.05) is 36.4 Å². The normalized spacial score (nSPS) is 12.8. The van der Waals surface area contributed by atoms with Gasteiger partial charge in [0.25, 0.3) is 0 Å². The minimum atomic E-state index is -0.366. The molecule has 20 heavy (non-hydrogen) atoms. The van der Waals surface area contributed by atoms with Gasteiger partial charge < -0.3 is 14.8 Å². The molecule has 1 aliphatic rings. The summed E-state index contributed by atoms with van der Waals surface area (Å²) in [4.78, 5) is 12.2. The van der Waals surface area contributed by atoms with Crippen molar-refractivity contribution >= 4 is 11.7 Å². The Morgan fingerprint density at radius 2 is 2.00 bits per heavy atom. The van der Waals surface area contributed by atoms with Crippen molar-refractivity contribution in [2.75, 3.05) is 18.5 Å². The standard InChI is InChI=1S/C16H15NO3/c18-16(20-11-12-5-2-1-3-6-12)13-7-4-8-14-15(13)19-10-9-17-14/h1-8,17H,9-11H2. The van der Waals surface area contributed by atoms with Crippen LogP contribution in [0.1, 0.15) is 15.9 Å². The predicted octanol–water partition coefficient (Wildman–Crippen LogP) is 2.85. The molecular weight excluding hydrogens is 254 g/mol. The molecule has 0 unspecified atom stereocenters. The number of esters is 1. The number of para-hydroxylation sites is 1. The lowest BCUT2D eigenvalue weighted by Gasteiger charge is -2.21. The average molecular weight is 269 g/mol. The number of hydrogen-bond donors (Lipinski definition) is 1. The van der Waals surface area contributed by atoms with Crippen molar-refractivity contribution in [3.63, 3.8) is 0 Å². The van der Waals surface area contributed by atoms with Crippen LogP contribution in [0.2, 0.25) is 0 Å². The van der Waals surface area contributed by atoms with Gasteiger partial charge >= 0.3 is 5.97 Å². The van der Waals surface area contributed by atoms with Gasteiger partial charge in [0.15, 0.2) is 5.75 Å². The Kier molecular flexibility index (Phi) is 3.54. The van der Waals surface area contributed by atoms with Crippen LogP contribution in [0, 0.1) is 0 Å². The molecule has 1 heterocycles. The van der Waals surface area contributed by atoms with Crippen molar-refractivity contribution in [2.45, 2.75) is 6.61 Å². The highest BCUT2D eigenvalue weighted by molar-refractivity contribution is 5.95. The Labute approximate surface area is 117 Å². The van der Waals surface area contributed by atoms with Gasteiger partial charge in [0.1, 0.15) is 18.8 Å². The Morgan fingerprint density at radius 1 is 1.15 bits per heavy atom. The van der Waals surface area contributed by atoms with Crippen LogP contribution in [-0.4, -0.2) is 19.1 Å². The second-order valence-electron chi connectivity index (χ2n) is 4.52.